The van der Waals surface area contributed by atoms with Gasteiger partial charge in [0.05, 0.1) is 27.3 Å². The maximum Gasteiger partial charge on any atom is 0.236 e. The van der Waals surface area contributed by atoms with E-state index in [1.165, 1.54) is 0 Å². The number of rotatable bonds is 9. The number of carbonyl (C=O) groups is 2. The van der Waals surface area contributed by atoms with Gasteiger partial charge in [-0.1, -0.05) is 0 Å². The SMILES string of the molecule is COc1cc(C)c(CN(C)C(=O)CN(C)CC(=O)NC(C)C)cc1OC. The van der Waals surface area contributed by atoms with Crippen molar-refractivity contribution in [2.75, 3.05) is 41.4 Å². The van der Waals surface area contributed by atoms with Gasteiger partial charge >= 0.3 is 0 Å². The summed E-state index contributed by atoms with van der Waals surface area (Å²) in [6.07, 6.45) is 0. The monoisotopic (exact) mass is 365 g/mol. The lowest BCUT2D eigenvalue weighted by Crippen LogP contribution is -2.42. The summed E-state index contributed by atoms with van der Waals surface area (Å²) in [5, 5.41) is 2.82. The number of hydrogen-bond donors (Lipinski definition) is 1. The normalized spacial score (nSPS) is 10.8. The zero-order valence-corrected chi connectivity index (χ0v) is 16.9. The van der Waals surface area contributed by atoms with E-state index in [2.05, 4.69) is 5.32 Å². The van der Waals surface area contributed by atoms with Gasteiger partial charge in [-0.05, 0) is 51.1 Å². The molecule has 0 aromatic heterocycles. The van der Waals surface area contributed by atoms with Crippen LogP contribution in [-0.4, -0.2) is 69.1 Å². The first kappa shape index (κ1) is 21.8. The first-order valence-corrected chi connectivity index (χ1v) is 8.61. The van der Waals surface area contributed by atoms with Crippen molar-refractivity contribution in [3.63, 3.8) is 0 Å². The molecule has 0 heterocycles. The molecule has 0 saturated heterocycles. The van der Waals surface area contributed by atoms with Crippen molar-refractivity contribution in [3.8, 4) is 11.5 Å². The van der Waals surface area contributed by atoms with Gasteiger partial charge in [-0.2, -0.15) is 0 Å². The van der Waals surface area contributed by atoms with E-state index in [1.807, 2.05) is 32.9 Å². The quantitative estimate of drug-likeness (QED) is 0.717. The number of amides is 2. The van der Waals surface area contributed by atoms with Crippen LogP contribution in [0.3, 0.4) is 0 Å². The van der Waals surface area contributed by atoms with Crippen LogP contribution in [0.25, 0.3) is 0 Å². The number of nitrogens with zero attached hydrogens (tertiary/aromatic N) is 2. The van der Waals surface area contributed by atoms with Crippen LogP contribution in [0.2, 0.25) is 0 Å². The van der Waals surface area contributed by atoms with Crippen LogP contribution >= 0.6 is 0 Å². The Morgan fingerprint density at radius 2 is 1.65 bits per heavy atom. The van der Waals surface area contributed by atoms with Crippen LogP contribution in [0.15, 0.2) is 12.1 Å². The van der Waals surface area contributed by atoms with Crippen molar-refractivity contribution in [3.05, 3.63) is 23.3 Å². The number of hydrogen-bond acceptors (Lipinski definition) is 5. The minimum atomic E-state index is -0.0892. The standard InChI is InChI=1S/C19H31N3O4/c1-13(2)20-18(23)11-21(4)12-19(24)22(5)10-15-9-17(26-7)16(25-6)8-14(15)3/h8-9,13H,10-12H2,1-7H3,(H,20,23). The summed E-state index contributed by atoms with van der Waals surface area (Å²) >= 11 is 0. The fraction of sp³-hybridized carbons (Fsp3) is 0.579. The maximum absolute atomic E-state index is 12.4. The molecule has 2 amide bonds. The van der Waals surface area contributed by atoms with E-state index in [-0.39, 0.29) is 30.9 Å². The van der Waals surface area contributed by atoms with Crippen LogP contribution < -0.4 is 14.8 Å². The highest BCUT2D eigenvalue weighted by atomic mass is 16.5. The van der Waals surface area contributed by atoms with E-state index in [0.717, 1.165) is 11.1 Å². The number of aryl methyl sites for hydroxylation is 1. The Bertz CT molecular complexity index is 631. The summed E-state index contributed by atoms with van der Waals surface area (Å²) in [6.45, 7) is 6.60. The molecule has 1 aromatic carbocycles. The van der Waals surface area contributed by atoms with Gasteiger partial charge in [0.25, 0.3) is 0 Å². The molecular formula is C19H31N3O4. The topological polar surface area (TPSA) is 71.1 Å². The van der Waals surface area contributed by atoms with Crippen molar-refractivity contribution in [2.45, 2.75) is 33.4 Å². The molecule has 7 nitrogen and oxygen atoms in total. The molecule has 7 heteroatoms. The fourth-order valence-corrected chi connectivity index (χ4v) is 2.56. The van der Waals surface area contributed by atoms with Gasteiger partial charge in [0, 0.05) is 19.6 Å². The number of methoxy groups -OCH3 is 2. The smallest absolute Gasteiger partial charge is 0.236 e. The second-order valence-electron chi connectivity index (χ2n) is 6.78. The van der Waals surface area contributed by atoms with E-state index >= 15 is 0 Å². The van der Waals surface area contributed by atoms with Gasteiger partial charge in [0.2, 0.25) is 11.8 Å². The van der Waals surface area contributed by atoms with Crippen molar-refractivity contribution in [1.82, 2.24) is 15.1 Å². The van der Waals surface area contributed by atoms with Gasteiger partial charge in [0.1, 0.15) is 0 Å². The average molecular weight is 365 g/mol. The highest BCUT2D eigenvalue weighted by molar-refractivity contribution is 5.81. The first-order valence-electron chi connectivity index (χ1n) is 8.61. The molecule has 26 heavy (non-hydrogen) atoms. The zero-order valence-electron chi connectivity index (χ0n) is 16.9. The molecule has 1 rings (SSSR count). The van der Waals surface area contributed by atoms with Crippen LogP contribution in [-0.2, 0) is 16.1 Å². The summed E-state index contributed by atoms with van der Waals surface area (Å²) in [6, 6.07) is 3.87. The van der Waals surface area contributed by atoms with Crippen molar-refractivity contribution in [2.24, 2.45) is 0 Å². The number of nitrogens with one attached hydrogen (secondary N) is 1. The van der Waals surface area contributed by atoms with E-state index in [0.29, 0.717) is 18.0 Å². The van der Waals surface area contributed by atoms with Gasteiger partial charge in [0.15, 0.2) is 11.5 Å². The number of ether oxygens (including phenoxy) is 2. The third-order valence-electron chi connectivity index (χ3n) is 3.94. The second kappa shape index (κ2) is 10.0. The summed E-state index contributed by atoms with van der Waals surface area (Å²) in [5.74, 6) is 1.16. The molecule has 0 atom stereocenters. The molecule has 0 spiro atoms. The van der Waals surface area contributed by atoms with Gasteiger partial charge in [-0.15, -0.1) is 0 Å². The Hall–Kier alpha value is -2.28. The average Bonchev–Trinajstić information content (AvgIpc) is 2.54. The van der Waals surface area contributed by atoms with E-state index in [9.17, 15) is 9.59 Å². The molecule has 0 aliphatic carbocycles. The Balaban J connectivity index is 2.68. The fourth-order valence-electron chi connectivity index (χ4n) is 2.56. The van der Waals surface area contributed by atoms with Crippen LogP contribution in [0, 0.1) is 6.92 Å². The van der Waals surface area contributed by atoms with E-state index in [4.69, 9.17) is 9.47 Å². The molecule has 0 fully saturated rings. The molecule has 146 valence electrons. The minimum absolute atomic E-state index is 0.0565. The third kappa shape index (κ3) is 6.55. The number of carbonyl (C=O) groups excluding carboxylic acids is 2. The Labute approximate surface area is 156 Å². The van der Waals surface area contributed by atoms with Gasteiger partial charge in [-0.3, -0.25) is 14.5 Å². The Morgan fingerprint density at radius 1 is 1.08 bits per heavy atom. The number of benzene rings is 1. The molecule has 0 aliphatic heterocycles. The molecule has 1 aromatic rings. The first-order chi connectivity index (χ1) is 12.2. The Morgan fingerprint density at radius 3 is 2.19 bits per heavy atom. The summed E-state index contributed by atoms with van der Waals surface area (Å²) < 4.78 is 10.6. The Kier molecular flexibility index (Phi) is 8.38. The summed E-state index contributed by atoms with van der Waals surface area (Å²) in [4.78, 5) is 27.6. The molecule has 0 bridgehead atoms. The predicted octanol–water partition coefficient (Wildman–Crippen LogP) is 1.43. The molecule has 0 saturated carbocycles. The van der Waals surface area contributed by atoms with Crippen LogP contribution in [0.4, 0.5) is 0 Å². The maximum atomic E-state index is 12.4. The zero-order chi connectivity index (χ0) is 19.9. The second-order valence-corrected chi connectivity index (χ2v) is 6.78. The summed E-state index contributed by atoms with van der Waals surface area (Å²) in [7, 11) is 6.69. The van der Waals surface area contributed by atoms with Gasteiger partial charge < -0.3 is 19.7 Å². The van der Waals surface area contributed by atoms with E-state index in [1.54, 1.807) is 38.1 Å². The van der Waals surface area contributed by atoms with Crippen molar-refractivity contribution < 1.29 is 19.1 Å². The predicted molar refractivity (Wildman–Crippen MR) is 102 cm³/mol. The highest BCUT2D eigenvalue weighted by Gasteiger charge is 2.17. The molecule has 0 unspecified atom stereocenters. The third-order valence-corrected chi connectivity index (χ3v) is 3.94. The van der Waals surface area contributed by atoms with Crippen LogP contribution in [0.1, 0.15) is 25.0 Å². The van der Waals surface area contributed by atoms with Crippen LogP contribution in [0.5, 0.6) is 11.5 Å². The molecular weight excluding hydrogens is 334 g/mol. The minimum Gasteiger partial charge on any atom is -0.493 e. The lowest BCUT2D eigenvalue weighted by atomic mass is 10.1. The van der Waals surface area contributed by atoms with E-state index < -0.39 is 0 Å². The highest BCUT2D eigenvalue weighted by Crippen LogP contribution is 2.30. The largest absolute Gasteiger partial charge is 0.493 e. The van der Waals surface area contributed by atoms with Gasteiger partial charge in [-0.25, -0.2) is 0 Å². The van der Waals surface area contributed by atoms with Crippen molar-refractivity contribution >= 4 is 11.8 Å². The molecule has 0 radical (unpaired) electrons. The molecule has 1 N–H and O–H groups in total. The lowest BCUT2D eigenvalue weighted by Gasteiger charge is -2.23. The lowest BCUT2D eigenvalue weighted by molar-refractivity contribution is -0.132. The number of likely N-dealkylation sites (N-methyl/N-ethyl adjacent to an activating group) is 2. The molecule has 0 aliphatic rings. The van der Waals surface area contributed by atoms with Crippen molar-refractivity contribution in [1.29, 1.82) is 0 Å². The summed E-state index contributed by atoms with van der Waals surface area (Å²) in [5.41, 5.74) is 2.01.